The van der Waals surface area contributed by atoms with E-state index < -0.39 is 34.0 Å². The van der Waals surface area contributed by atoms with Gasteiger partial charge < -0.3 is 15.5 Å². The van der Waals surface area contributed by atoms with Crippen molar-refractivity contribution in [3.05, 3.63) is 53.1 Å². The SMILES string of the molecule is Cc1cccc(N2C(=O)SC(CC(=O)Nc3ccc(O)c(C(=O)O)c3)C2=O)c1C. The van der Waals surface area contributed by atoms with E-state index in [0.717, 1.165) is 39.9 Å². The lowest BCUT2D eigenvalue weighted by atomic mass is 10.1. The van der Waals surface area contributed by atoms with E-state index in [1.165, 1.54) is 6.07 Å². The number of hydrogen-bond donors (Lipinski definition) is 3. The number of nitrogens with one attached hydrogen (secondary N) is 1. The highest BCUT2D eigenvalue weighted by molar-refractivity contribution is 8.15. The van der Waals surface area contributed by atoms with Crippen LogP contribution < -0.4 is 10.2 Å². The summed E-state index contributed by atoms with van der Waals surface area (Å²) in [6.45, 7) is 3.70. The summed E-state index contributed by atoms with van der Waals surface area (Å²) >= 11 is 0.783. The molecule has 0 radical (unpaired) electrons. The smallest absolute Gasteiger partial charge is 0.339 e. The topological polar surface area (TPSA) is 124 Å². The molecule has 2 aromatic rings. The first-order valence-corrected chi connectivity index (χ1v) is 9.54. The number of hydrogen-bond acceptors (Lipinski definition) is 6. The van der Waals surface area contributed by atoms with E-state index in [2.05, 4.69) is 5.32 Å². The number of thioether (sulfide) groups is 1. The molecule has 3 amide bonds. The molecule has 9 heteroatoms. The number of carbonyl (C=O) groups is 4. The summed E-state index contributed by atoms with van der Waals surface area (Å²) in [5.74, 6) is -2.78. The number of rotatable bonds is 5. The Balaban J connectivity index is 1.73. The lowest BCUT2D eigenvalue weighted by Crippen LogP contribution is -2.33. The Morgan fingerprint density at radius 1 is 1.17 bits per heavy atom. The number of carboxylic acids is 1. The highest BCUT2D eigenvalue weighted by Crippen LogP contribution is 2.35. The number of carbonyl (C=O) groups excluding carboxylic acids is 3. The van der Waals surface area contributed by atoms with Crippen LogP contribution in [0.25, 0.3) is 0 Å². The van der Waals surface area contributed by atoms with E-state index in [1.807, 2.05) is 19.9 Å². The predicted molar refractivity (Wildman–Crippen MR) is 108 cm³/mol. The molecular weight excluding hydrogens is 396 g/mol. The molecule has 1 saturated heterocycles. The Kier molecular flexibility index (Phi) is 5.60. The number of aromatic carboxylic acids is 1. The van der Waals surface area contributed by atoms with Crippen LogP contribution in [0.2, 0.25) is 0 Å². The average molecular weight is 414 g/mol. The average Bonchev–Trinajstić information content (AvgIpc) is 2.92. The number of phenols is 1. The Labute approximate surface area is 170 Å². The van der Waals surface area contributed by atoms with Gasteiger partial charge in [-0.1, -0.05) is 12.1 Å². The third-order valence-corrected chi connectivity index (χ3v) is 5.66. The first kappa shape index (κ1) is 20.4. The normalized spacial score (nSPS) is 16.2. The highest BCUT2D eigenvalue weighted by atomic mass is 32.2. The molecule has 1 aliphatic rings. The van der Waals surface area contributed by atoms with Crippen molar-refractivity contribution in [2.24, 2.45) is 0 Å². The molecule has 0 bridgehead atoms. The minimum absolute atomic E-state index is 0.165. The molecule has 0 saturated carbocycles. The van der Waals surface area contributed by atoms with Crippen LogP contribution in [-0.2, 0) is 9.59 Å². The molecule has 29 heavy (non-hydrogen) atoms. The quantitative estimate of drug-likeness (QED) is 0.641. The van der Waals surface area contributed by atoms with E-state index in [-0.39, 0.29) is 17.7 Å². The summed E-state index contributed by atoms with van der Waals surface area (Å²) in [6, 6.07) is 8.94. The zero-order valence-electron chi connectivity index (χ0n) is 15.6. The molecule has 8 nitrogen and oxygen atoms in total. The molecule has 0 spiro atoms. The largest absolute Gasteiger partial charge is 0.507 e. The Bertz CT molecular complexity index is 1040. The zero-order chi connectivity index (χ0) is 21.3. The number of anilines is 2. The van der Waals surface area contributed by atoms with Crippen LogP contribution in [0.15, 0.2) is 36.4 Å². The van der Waals surface area contributed by atoms with Crippen LogP contribution in [-0.4, -0.2) is 38.5 Å². The van der Waals surface area contributed by atoms with Crippen LogP contribution >= 0.6 is 11.8 Å². The molecule has 1 aliphatic heterocycles. The number of benzene rings is 2. The van der Waals surface area contributed by atoms with Gasteiger partial charge in [0.2, 0.25) is 11.8 Å². The van der Waals surface area contributed by atoms with Crippen molar-refractivity contribution in [1.29, 1.82) is 0 Å². The highest BCUT2D eigenvalue weighted by Gasteiger charge is 2.42. The number of imide groups is 1. The molecule has 0 aromatic heterocycles. The van der Waals surface area contributed by atoms with E-state index >= 15 is 0 Å². The van der Waals surface area contributed by atoms with Crippen molar-refractivity contribution in [3.8, 4) is 5.75 Å². The monoisotopic (exact) mass is 414 g/mol. The molecule has 1 atom stereocenters. The van der Waals surface area contributed by atoms with Crippen LogP contribution in [0.3, 0.4) is 0 Å². The summed E-state index contributed by atoms with van der Waals surface area (Å²) in [5.41, 5.74) is 2.06. The van der Waals surface area contributed by atoms with Gasteiger partial charge in [-0.05, 0) is 61.0 Å². The summed E-state index contributed by atoms with van der Waals surface area (Å²) in [4.78, 5) is 49.7. The van der Waals surface area contributed by atoms with Gasteiger partial charge in [0.1, 0.15) is 16.6 Å². The molecule has 1 fully saturated rings. The second kappa shape index (κ2) is 7.96. The molecule has 1 unspecified atom stereocenters. The van der Waals surface area contributed by atoms with Gasteiger partial charge in [-0.25, -0.2) is 9.69 Å². The molecule has 1 heterocycles. The summed E-state index contributed by atoms with van der Waals surface area (Å²) in [6.07, 6.45) is -0.250. The van der Waals surface area contributed by atoms with Gasteiger partial charge in [-0.3, -0.25) is 14.4 Å². The van der Waals surface area contributed by atoms with Gasteiger partial charge >= 0.3 is 5.97 Å². The van der Waals surface area contributed by atoms with Crippen LogP contribution in [0.5, 0.6) is 5.75 Å². The van der Waals surface area contributed by atoms with Gasteiger partial charge in [-0.15, -0.1) is 0 Å². The number of nitrogens with zero attached hydrogens (tertiary/aromatic N) is 1. The van der Waals surface area contributed by atoms with Crippen molar-refractivity contribution in [3.63, 3.8) is 0 Å². The molecular formula is C20H18N2O6S. The zero-order valence-corrected chi connectivity index (χ0v) is 16.4. The maximum atomic E-state index is 12.7. The second-order valence-corrected chi connectivity index (χ2v) is 7.71. The fourth-order valence-electron chi connectivity index (χ4n) is 2.95. The second-order valence-electron chi connectivity index (χ2n) is 6.55. The fraction of sp³-hybridized carbons (Fsp3) is 0.200. The molecule has 0 aliphatic carbocycles. The van der Waals surface area contributed by atoms with Gasteiger partial charge in [0.05, 0.1) is 5.69 Å². The standard InChI is InChI=1S/C20H18N2O6S/c1-10-4-3-5-14(11(10)2)22-18(25)16(29-20(22)28)9-17(24)21-12-6-7-15(23)13(8-12)19(26)27/h3-8,16,23H,9H2,1-2H3,(H,21,24)(H,26,27). The third kappa shape index (κ3) is 4.09. The van der Waals surface area contributed by atoms with E-state index in [4.69, 9.17) is 5.11 Å². The Morgan fingerprint density at radius 3 is 2.59 bits per heavy atom. The fourth-order valence-corrected chi connectivity index (χ4v) is 3.93. The number of aryl methyl sites for hydroxylation is 1. The van der Waals surface area contributed by atoms with Crippen LogP contribution in [0.1, 0.15) is 27.9 Å². The van der Waals surface area contributed by atoms with Gasteiger partial charge in [-0.2, -0.15) is 0 Å². The van der Waals surface area contributed by atoms with E-state index in [9.17, 15) is 24.3 Å². The Morgan fingerprint density at radius 2 is 1.90 bits per heavy atom. The van der Waals surface area contributed by atoms with E-state index in [0.29, 0.717) is 5.69 Å². The minimum atomic E-state index is -1.34. The minimum Gasteiger partial charge on any atom is -0.507 e. The maximum Gasteiger partial charge on any atom is 0.339 e. The first-order valence-electron chi connectivity index (χ1n) is 8.66. The summed E-state index contributed by atoms with van der Waals surface area (Å²) in [7, 11) is 0. The van der Waals surface area contributed by atoms with Crippen molar-refractivity contribution >= 4 is 46.2 Å². The van der Waals surface area contributed by atoms with Crippen molar-refractivity contribution in [1.82, 2.24) is 0 Å². The number of amides is 3. The van der Waals surface area contributed by atoms with Gasteiger partial charge in [0.15, 0.2) is 0 Å². The lowest BCUT2D eigenvalue weighted by Gasteiger charge is -2.17. The molecule has 2 aromatic carbocycles. The lowest BCUT2D eigenvalue weighted by molar-refractivity contribution is -0.121. The van der Waals surface area contributed by atoms with Gasteiger partial charge in [0.25, 0.3) is 5.24 Å². The van der Waals surface area contributed by atoms with Gasteiger partial charge in [0, 0.05) is 12.1 Å². The molecule has 3 rings (SSSR count). The van der Waals surface area contributed by atoms with Crippen molar-refractivity contribution < 1.29 is 29.4 Å². The number of aromatic hydroxyl groups is 1. The number of carboxylic acid groups (broad SMARTS) is 1. The van der Waals surface area contributed by atoms with E-state index in [1.54, 1.807) is 12.1 Å². The van der Waals surface area contributed by atoms with Crippen molar-refractivity contribution in [2.45, 2.75) is 25.5 Å². The van der Waals surface area contributed by atoms with Crippen molar-refractivity contribution in [2.75, 3.05) is 10.2 Å². The third-order valence-electron chi connectivity index (χ3n) is 4.62. The summed E-state index contributed by atoms with van der Waals surface area (Å²) in [5, 5.41) is 19.7. The predicted octanol–water partition coefficient (Wildman–Crippen LogP) is 3.30. The first-order chi connectivity index (χ1) is 13.7. The summed E-state index contributed by atoms with van der Waals surface area (Å²) < 4.78 is 0. The van der Waals surface area contributed by atoms with Crippen LogP contribution in [0.4, 0.5) is 16.2 Å². The Hall–Kier alpha value is -3.33. The van der Waals surface area contributed by atoms with Crippen LogP contribution in [0, 0.1) is 13.8 Å². The molecule has 150 valence electrons. The molecule has 3 N–H and O–H groups in total. The maximum absolute atomic E-state index is 12.7.